The average molecular weight is 292 g/mol. The molecule has 0 aliphatic rings. The number of phenolic OH excluding ortho intramolecular Hbond substituents is 1. The molecule has 0 saturated heterocycles. The maximum Gasteiger partial charge on any atom is 0.259 e. The molecule has 0 fully saturated rings. The Morgan fingerprint density at radius 3 is 2.27 bits per heavy atom. The molecule has 22 heavy (non-hydrogen) atoms. The van der Waals surface area contributed by atoms with E-state index in [2.05, 4.69) is 5.32 Å². The smallest absolute Gasteiger partial charge is 0.259 e. The Kier molecular flexibility index (Phi) is 3.76. The van der Waals surface area contributed by atoms with Gasteiger partial charge in [0.1, 0.15) is 5.75 Å². The van der Waals surface area contributed by atoms with Crippen molar-refractivity contribution in [2.75, 3.05) is 5.32 Å². The molecule has 0 aliphatic carbocycles. The summed E-state index contributed by atoms with van der Waals surface area (Å²) in [6, 6.07) is 18.2. The van der Waals surface area contributed by atoms with Crippen LogP contribution in [0.15, 0.2) is 60.7 Å². The SMILES string of the molecule is NCc1ccc(NC(=O)c2cc3ccccc3cc2O)cc1. The lowest BCUT2D eigenvalue weighted by atomic mass is 10.1. The van der Waals surface area contributed by atoms with Crippen molar-refractivity contribution in [2.45, 2.75) is 6.54 Å². The topological polar surface area (TPSA) is 75.3 Å². The van der Waals surface area contributed by atoms with E-state index >= 15 is 0 Å². The monoisotopic (exact) mass is 292 g/mol. The summed E-state index contributed by atoms with van der Waals surface area (Å²) in [5.41, 5.74) is 7.45. The summed E-state index contributed by atoms with van der Waals surface area (Å²) in [7, 11) is 0. The van der Waals surface area contributed by atoms with Gasteiger partial charge in [0.15, 0.2) is 0 Å². The normalized spacial score (nSPS) is 10.6. The molecule has 0 atom stereocenters. The van der Waals surface area contributed by atoms with Gasteiger partial charge in [-0.2, -0.15) is 0 Å². The summed E-state index contributed by atoms with van der Waals surface area (Å²) in [4.78, 5) is 12.3. The standard InChI is InChI=1S/C18H16N2O2/c19-11-12-5-7-15(8-6-12)20-18(22)16-9-13-3-1-2-4-14(13)10-17(16)21/h1-10,21H,11,19H2,(H,20,22). The Bertz CT molecular complexity index is 826. The number of amides is 1. The highest BCUT2D eigenvalue weighted by Crippen LogP contribution is 2.25. The molecule has 0 aliphatic heterocycles. The third kappa shape index (κ3) is 2.77. The molecular formula is C18H16N2O2. The summed E-state index contributed by atoms with van der Waals surface area (Å²) in [5, 5.41) is 14.6. The van der Waals surface area contributed by atoms with E-state index in [0.29, 0.717) is 12.2 Å². The largest absolute Gasteiger partial charge is 0.507 e. The molecule has 0 bridgehead atoms. The number of hydrogen-bond acceptors (Lipinski definition) is 3. The van der Waals surface area contributed by atoms with E-state index in [1.807, 2.05) is 36.4 Å². The summed E-state index contributed by atoms with van der Waals surface area (Å²) < 4.78 is 0. The van der Waals surface area contributed by atoms with Crippen LogP contribution in [0.2, 0.25) is 0 Å². The molecule has 1 amide bonds. The van der Waals surface area contributed by atoms with Crippen molar-refractivity contribution in [1.29, 1.82) is 0 Å². The zero-order valence-corrected chi connectivity index (χ0v) is 11.9. The fourth-order valence-electron chi connectivity index (χ4n) is 2.33. The molecular weight excluding hydrogens is 276 g/mol. The Labute approximate surface area is 128 Å². The minimum Gasteiger partial charge on any atom is -0.507 e. The van der Waals surface area contributed by atoms with Crippen LogP contribution in [0.4, 0.5) is 5.69 Å². The van der Waals surface area contributed by atoms with Gasteiger partial charge >= 0.3 is 0 Å². The van der Waals surface area contributed by atoms with Crippen LogP contribution in [0, 0.1) is 0 Å². The van der Waals surface area contributed by atoms with Crippen LogP contribution >= 0.6 is 0 Å². The van der Waals surface area contributed by atoms with Gasteiger partial charge in [-0.3, -0.25) is 4.79 Å². The predicted octanol–water partition coefficient (Wildman–Crippen LogP) is 3.26. The molecule has 4 nitrogen and oxygen atoms in total. The highest BCUT2D eigenvalue weighted by atomic mass is 16.3. The minimum atomic E-state index is -0.344. The van der Waals surface area contributed by atoms with Crippen LogP contribution in [0.1, 0.15) is 15.9 Å². The molecule has 3 aromatic rings. The molecule has 4 N–H and O–H groups in total. The number of carbonyl (C=O) groups excluding carboxylic acids is 1. The second-order valence-electron chi connectivity index (χ2n) is 5.07. The number of aromatic hydroxyl groups is 1. The first-order valence-corrected chi connectivity index (χ1v) is 6.99. The van der Waals surface area contributed by atoms with Crippen molar-refractivity contribution < 1.29 is 9.90 Å². The number of benzene rings is 3. The summed E-state index contributed by atoms with van der Waals surface area (Å²) in [6.07, 6.45) is 0. The van der Waals surface area contributed by atoms with E-state index in [-0.39, 0.29) is 17.2 Å². The number of phenols is 1. The zero-order chi connectivity index (χ0) is 15.5. The Morgan fingerprint density at radius 1 is 1.00 bits per heavy atom. The average Bonchev–Trinajstić information content (AvgIpc) is 2.54. The third-order valence-electron chi connectivity index (χ3n) is 3.56. The molecule has 0 aromatic heterocycles. The van der Waals surface area contributed by atoms with Crippen molar-refractivity contribution in [1.82, 2.24) is 0 Å². The fourth-order valence-corrected chi connectivity index (χ4v) is 2.33. The maximum atomic E-state index is 12.3. The third-order valence-corrected chi connectivity index (χ3v) is 3.56. The van der Waals surface area contributed by atoms with Gasteiger partial charge in [-0.15, -0.1) is 0 Å². The van der Waals surface area contributed by atoms with Crippen LogP contribution in [-0.2, 0) is 6.54 Å². The van der Waals surface area contributed by atoms with E-state index in [9.17, 15) is 9.90 Å². The fraction of sp³-hybridized carbons (Fsp3) is 0.0556. The lowest BCUT2D eigenvalue weighted by molar-refractivity contribution is 0.102. The van der Waals surface area contributed by atoms with Gasteiger partial charge in [-0.1, -0.05) is 36.4 Å². The minimum absolute atomic E-state index is 0.0326. The Balaban J connectivity index is 1.89. The number of carbonyl (C=O) groups is 1. The van der Waals surface area contributed by atoms with E-state index in [1.54, 1.807) is 24.3 Å². The van der Waals surface area contributed by atoms with Gasteiger partial charge in [0.05, 0.1) is 5.56 Å². The number of anilines is 1. The van der Waals surface area contributed by atoms with Gasteiger partial charge in [0, 0.05) is 12.2 Å². The molecule has 0 heterocycles. The number of nitrogens with two attached hydrogens (primary N) is 1. The second-order valence-corrected chi connectivity index (χ2v) is 5.07. The van der Waals surface area contributed by atoms with Crippen molar-refractivity contribution in [2.24, 2.45) is 5.73 Å². The molecule has 0 spiro atoms. The predicted molar refractivity (Wildman–Crippen MR) is 87.9 cm³/mol. The lowest BCUT2D eigenvalue weighted by Crippen LogP contribution is -2.12. The number of rotatable bonds is 3. The molecule has 110 valence electrons. The first-order chi connectivity index (χ1) is 10.7. The van der Waals surface area contributed by atoms with Gasteiger partial charge in [0.2, 0.25) is 0 Å². The van der Waals surface area contributed by atoms with Crippen LogP contribution in [0.5, 0.6) is 5.75 Å². The highest BCUT2D eigenvalue weighted by molar-refractivity contribution is 6.08. The quantitative estimate of drug-likeness (QED) is 0.693. The molecule has 0 unspecified atom stereocenters. The van der Waals surface area contributed by atoms with Crippen molar-refractivity contribution in [3.05, 3.63) is 71.8 Å². The van der Waals surface area contributed by atoms with Crippen LogP contribution < -0.4 is 11.1 Å². The molecule has 3 rings (SSSR count). The number of fused-ring (bicyclic) bond motifs is 1. The molecule has 0 radical (unpaired) electrons. The van der Waals surface area contributed by atoms with Gasteiger partial charge in [-0.05, 0) is 40.6 Å². The summed E-state index contributed by atoms with van der Waals surface area (Å²) >= 11 is 0. The van der Waals surface area contributed by atoms with Crippen LogP contribution in [0.3, 0.4) is 0 Å². The van der Waals surface area contributed by atoms with E-state index in [4.69, 9.17) is 5.73 Å². The number of hydrogen-bond donors (Lipinski definition) is 3. The molecule has 4 heteroatoms. The first-order valence-electron chi connectivity index (χ1n) is 6.99. The van der Waals surface area contributed by atoms with Crippen molar-refractivity contribution >= 4 is 22.4 Å². The van der Waals surface area contributed by atoms with Crippen LogP contribution in [-0.4, -0.2) is 11.0 Å². The summed E-state index contributed by atoms with van der Waals surface area (Å²) in [6.45, 7) is 0.458. The van der Waals surface area contributed by atoms with Gasteiger partial charge < -0.3 is 16.2 Å². The Morgan fingerprint density at radius 2 is 1.64 bits per heavy atom. The van der Waals surface area contributed by atoms with Gasteiger partial charge in [-0.25, -0.2) is 0 Å². The zero-order valence-electron chi connectivity index (χ0n) is 11.9. The summed E-state index contributed by atoms with van der Waals surface area (Å²) in [5.74, 6) is -0.376. The Hall–Kier alpha value is -2.85. The first kappa shape index (κ1) is 14.1. The van der Waals surface area contributed by atoms with Crippen LogP contribution in [0.25, 0.3) is 10.8 Å². The molecule has 0 saturated carbocycles. The number of nitrogens with one attached hydrogen (secondary N) is 1. The van der Waals surface area contributed by atoms with Crippen molar-refractivity contribution in [3.8, 4) is 5.75 Å². The van der Waals surface area contributed by atoms with E-state index in [1.165, 1.54) is 0 Å². The van der Waals surface area contributed by atoms with E-state index in [0.717, 1.165) is 16.3 Å². The highest BCUT2D eigenvalue weighted by Gasteiger charge is 2.12. The van der Waals surface area contributed by atoms with Crippen molar-refractivity contribution in [3.63, 3.8) is 0 Å². The molecule has 3 aromatic carbocycles. The van der Waals surface area contributed by atoms with Gasteiger partial charge in [0.25, 0.3) is 5.91 Å². The maximum absolute atomic E-state index is 12.3. The lowest BCUT2D eigenvalue weighted by Gasteiger charge is -2.09. The second kappa shape index (κ2) is 5.87. The van der Waals surface area contributed by atoms with E-state index < -0.39 is 0 Å².